The largest absolute Gasteiger partial charge is 0.299 e. The molecule has 152 valence electrons. The Morgan fingerprint density at radius 1 is 1.03 bits per heavy atom. The van der Waals surface area contributed by atoms with Crippen molar-refractivity contribution in [2.75, 3.05) is 13.1 Å². The molecule has 0 atom stereocenters. The van der Waals surface area contributed by atoms with Crippen LogP contribution in [0.5, 0.6) is 0 Å². The van der Waals surface area contributed by atoms with Gasteiger partial charge in [-0.25, -0.2) is 0 Å². The zero-order valence-corrected chi connectivity index (χ0v) is 18.5. The van der Waals surface area contributed by atoms with E-state index in [1.165, 1.54) is 28.7 Å². The summed E-state index contributed by atoms with van der Waals surface area (Å²) in [5.41, 5.74) is 1.91. The average Bonchev–Trinajstić information content (AvgIpc) is 3.30. The van der Waals surface area contributed by atoms with Crippen LogP contribution in [0.2, 0.25) is 0 Å². The second kappa shape index (κ2) is 8.86. The summed E-state index contributed by atoms with van der Waals surface area (Å²) in [4.78, 5) is 32.0. The highest BCUT2D eigenvalue weighted by Crippen LogP contribution is 2.41. The number of benzene rings is 1. The van der Waals surface area contributed by atoms with E-state index in [-0.39, 0.29) is 23.1 Å². The van der Waals surface area contributed by atoms with Crippen LogP contribution in [0.3, 0.4) is 0 Å². The van der Waals surface area contributed by atoms with E-state index < -0.39 is 0 Å². The first-order valence-corrected chi connectivity index (χ1v) is 11.9. The highest BCUT2D eigenvalue weighted by molar-refractivity contribution is 8.04. The van der Waals surface area contributed by atoms with Gasteiger partial charge in [-0.05, 0) is 29.9 Å². The Morgan fingerprint density at radius 2 is 1.76 bits per heavy atom. The summed E-state index contributed by atoms with van der Waals surface area (Å²) >= 11 is 3.04. The van der Waals surface area contributed by atoms with Gasteiger partial charge in [0.2, 0.25) is 0 Å². The number of hydrogen-bond donors (Lipinski definition) is 0. The van der Waals surface area contributed by atoms with E-state index >= 15 is 0 Å². The quantitative estimate of drug-likeness (QED) is 0.631. The second-order valence-electron chi connectivity index (χ2n) is 7.82. The average molecular weight is 427 g/mol. The van der Waals surface area contributed by atoms with Gasteiger partial charge in [0.1, 0.15) is 0 Å². The van der Waals surface area contributed by atoms with Crippen LogP contribution in [0.4, 0.5) is 0 Å². The van der Waals surface area contributed by atoms with Crippen molar-refractivity contribution in [1.29, 1.82) is 0 Å². The fourth-order valence-electron chi connectivity index (χ4n) is 4.02. The minimum Gasteiger partial charge on any atom is -0.299 e. The molecular formula is C23H26N2O2S2. The summed E-state index contributed by atoms with van der Waals surface area (Å²) in [7, 11) is 0. The Labute approximate surface area is 180 Å². The maximum atomic E-state index is 13.3. The number of thioether (sulfide) groups is 1. The van der Waals surface area contributed by atoms with Crippen LogP contribution < -0.4 is 0 Å². The molecule has 2 aliphatic rings. The number of carbonyl (C=O) groups is 2. The standard InChI is InChI=1S/C23H26N2O2S2/c1-16(2)29-21-20(19-9-6-14-28-19)22(26)25(23(21)27)18-10-12-24(13-11-18)15-17-7-4-3-5-8-17/h3-9,14,16,18H,10-13,15H2,1-2H3. The molecule has 0 unspecified atom stereocenters. The first-order valence-electron chi connectivity index (χ1n) is 10.1. The third-order valence-corrected chi connectivity index (χ3v) is 7.34. The van der Waals surface area contributed by atoms with E-state index in [4.69, 9.17) is 0 Å². The fourth-order valence-corrected chi connectivity index (χ4v) is 5.84. The van der Waals surface area contributed by atoms with Crippen molar-refractivity contribution in [2.45, 2.75) is 44.5 Å². The van der Waals surface area contributed by atoms with Crippen molar-refractivity contribution in [3.05, 3.63) is 63.2 Å². The number of likely N-dealkylation sites (tertiary alicyclic amines) is 1. The van der Waals surface area contributed by atoms with Crippen molar-refractivity contribution in [3.8, 4) is 0 Å². The molecule has 0 N–H and O–H groups in total. The van der Waals surface area contributed by atoms with Crippen molar-refractivity contribution in [1.82, 2.24) is 9.80 Å². The third-order valence-electron chi connectivity index (χ3n) is 5.37. The molecule has 4 nitrogen and oxygen atoms in total. The number of imide groups is 1. The Kier molecular flexibility index (Phi) is 6.23. The van der Waals surface area contributed by atoms with Crippen molar-refractivity contribution in [2.24, 2.45) is 0 Å². The smallest absolute Gasteiger partial charge is 0.268 e. The van der Waals surface area contributed by atoms with Crippen LogP contribution in [-0.2, 0) is 16.1 Å². The molecule has 29 heavy (non-hydrogen) atoms. The Hall–Kier alpha value is -1.89. The Bertz CT molecular complexity index is 898. The maximum absolute atomic E-state index is 13.3. The van der Waals surface area contributed by atoms with Gasteiger partial charge < -0.3 is 0 Å². The number of thiophene rings is 1. The molecule has 0 radical (unpaired) electrons. The number of carbonyl (C=O) groups excluding carboxylic acids is 2. The van der Waals surface area contributed by atoms with Gasteiger partial charge in [0, 0.05) is 35.8 Å². The van der Waals surface area contributed by atoms with Crippen LogP contribution >= 0.6 is 23.1 Å². The van der Waals surface area contributed by atoms with Gasteiger partial charge in [0.05, 0.1) is 10.5 Å². The van der Waals surface area contributed by atoms with Gasteiger partial charge in [0.25, 0.3) is 11.8 Å². The predicted octanol–water partition coefficient (Wildman–Crippen LogP) is 4.63. The van der Waals surface area contributed by atoms with Crippen LogP contribution in [0, 0.1) is 0 Å². The SMILES string of the molecule is CC(C)SC1=C(c2cccs2)C(=O)N(C2CCN(Cc3ccccc3)CC2)C1=O. The lowest BCUT2D eigenvalue weighted by Crippen LogP contribution is -2.47. The molecule has 0 spiro atoms. The van der Waals surface area contributed by atoms with Crippen LogP contribution in [0.1, 0.15) is 37.1 Å². The molecule has 1 saturated heterocycles. The molecule has 0 saturated carbocycles. The summed E-state index contributed by atoms with van der Waals surface area (Å²) in [6, 6.07) is 14.3. The Balaban J connectivity index is 1.47. The van der Waals surface area contributed by atoms with Gasteiger partial charge in [0.15, 0.2) is 0 Å². The van der Waals surface area contributed by atoms with Crippen LogP contribution in [-0.4, -0.2) is 46.0 Å². The molecule has 6 heteroatoms. The highest BCUT2D eigenvalue weighted by atomic mass is 32.2. The van der Waals surface area contributed by atoms with Crippen LogP contribution in [0.25, 0.3) is 5.57 Å². The molecule has 1 aromatic heterocycles. The molecule has 0 aliphatic carbocycles. The van der Waals surface area contributed by atoms with Crippen LogP contribution in [0.15, 0.2) is 52.7 Å². The monoisotopic (exact) mass is 426 g/mol. The van der Waals surface area contributed by atoms with E-state index in [1.54, 1.807) is 4.90 Å². The zero-order valence-electron chi connectivity index (χ0n) is 16.8. The lowest BCUT2D eigenvalue weighted by atomic mass is 10.0. The maximum Gasteiger partial charge on any atom is 0.268 e. The topological polar surface area (TPSA) is 40.6 Å². The normalized spacial score (nSPS) is 19.1. The van der Waals surface area contributed by atoms with Gasteiger partial charge in [-0.3, -0.25) is 19.4 Å². The summed E-state index contributed by atoms with van der Waals surface area (Å²) < 4.78 is 0. The molecular weight excluding hydrogens is 400 g/mol. The van der Waals surface area contributed by atoms with E-state index in [0.717, 1.165) is 37.4 Å². The molecule has 1 aromatic carbocycles. The Morgan fingerprint density at radius 3 is 2.38 bits per heavy atom. The minimum absolute atomic E-state index is 0.0118. The first-order chi connectivity index (χ1) is 14.0. The summed E-state index contributed by atoms with van der Waals surface area (Å²) in [5.74, 6) is -0.208. The second-order valence-corrected chi connectivity index (χ2v) is 10.4. The summed E-state index contributed by atoms with van der Waals surface area (Å²) in [6.45, 7) is 6.84. The molecule has 2 amide bonds. The van der Waals surface area contributed by atoms with Gasteiger partial charge in [-0.2, -0.15) is 0 Å². The van der Waals surface area contributed by atoms with Crippen molar-refractivity contribution < 1.29 is 9.59 Å². The number of rotatable bonds is 6. The molecule has 0 bridgehead atoms. The van der Waals surface area contributed by atoms with Crippen molar-refractivity contribution in [3.63, 3.8) is 0 Å². The first kappa shape index (κ1) is 20.4. The number of hydrogen-bond acceptors (Lipinski definition) is 5. The lowest BCUT2D eigenvalue weighted by Gasteiger charge is -2.36. The fraction of sp³-hybridized carbons (Fsp3) is 0.391. The molecule has 3 heterocycles. The minimum atomic E-state index is -0.109. The predicted molar refractivity (Wildman–Crippen MR) is 121 cm³/mol. The van der Waals surface area contributed by atoms with E-state index in [9.17, 15) is 9.59 Å². The summed E-state index contributed by atoms with van der Waals surface area (Å²) in [6.07, 6.45) is 1.67. The van der Waals surface area contributed by atoms with E-state index in [1.807, 2.05) is 23.6 Å². The zero-order chi connectivity index (χ0) is 20.4. The van der Waals surface area contributed by atoms with E-state index in [0.29, 0.717) is 10.5 Å². The van der Waals surface area contributed by atoms with Gasteiger partial charge >= 0.3 is 0 Å². The van der Waals surface area contributed by atoms with Gasteiger partial charge in [-0.1, -0.05) is 50.2 Å². The molecule has 2 aromatic rings. The lowest BCUT2D eigenvalue weighted by molar-refractivity contribution is -0.140. The number of nitrogens with zero attached hydrogens (tertiary/aromatic N) is 2. The van der Waals surface area contributed by atoms with E-state index in [2.05, 4.69) is 43.0 Å². The third kappa shape index (κ3) is 4.34. The van der Waals surface area contributed by atoms with Crippen molar-refractivity contribution >= 4 is 40.5 Å². The highest BCUT2D eigenvalue weighted by Gasteiger charge is 2.44. The number of piperidine rings is 1. The molecule has 4 rings (SSSR count). The van der Waals surface area contributed by atoms with Gasteiger partial charge in [-0.15, -0.1) is 23.1 Å². The summed E-state index contributed by atoms with van der Waals surface area (Å²) in [5, 5.41) is 2.21. The molecule has 2 aliphatic heterocycles. The molecule has 1 fully saturated rings. The number of amides is 2.